The summed E-state index contributed by atoms with van der Waals surface area (Å²) in [4.78, 5) is 0. The Bertz CT molecular complexity index is 67.1. The summed E-state index contributed by atoms with van der Waals surface area (Å²) in [5, 5.41) is 89.8. The fourth-order valence-corrected chi connectivity index (χ4v) is 0. The molecule has 9 N–H and O–H groups in total. The van der Waals surface area contributed by atoms with Crippen LogP contribution >= 0.6 is 0 Å². The van der Waals surface area contributed by atoms with Gasteiger partial charge in [0, 0.05) is 0 Å². The topological polar surface area (TPSA) is 251 Å². The number of hydrogen-bond donors (Lipinski definition) is 9. The largest absolute Gasteiger partial charge is 2.00 e. The summed E-state index contributed by atoms with van der Waals surface area (Å²) in [5.74, 6) is 0. The Morgan fingerprint density at radius 3 is 0.500 bits per heavy atom. The zero-order chi connectivity index (χ0) is 14.3. The van der Waals surface area contributed by atoms with Crippen LogP contribution in [0.5, 0.6) is 0 Å². The van der Waals surface area contributed by atoms with Crippen LogP contribution in [0.2, 0.25) is 0 Å². The van der Waals surface area contributed by atoms with Gasteiger partial charge in [-0.3, -0.25) is 7.32 Å². The van der Waals surface area contributed by atoms with E-state index in [1.807, 2.05) is 0 Å². The Hall–Kier alpha value is 1.55. The van der Waals surface area contributed by atoms with Crippen molar-refractivity contribution in [2.24, 2.45) is 0 Å². The first kappa shape index (κ1) is 36.6. The monoisotopic (exact) mass is 292 g/mol. The molecular formula is H9B4MgNaO12. The van der Waals surface area contributed by atoms with Gasteiger partial charge in [-0.2, -0.15) is 0 Å². The Morgan fingerprint density at radius 1 is 0.500 bits per heavy atom. The Morgan fingerprint density at radius 2 is 0.500 bits per heavy atom. The van der Waals surface area contributed by atoms with E-state index in [1.54, 1.807) is 0 Å². The molecule has 0 aliphatic rings. The molecule has 0 bridgehead atoms. The summed E-state index contributed by atoms with van der Waals surface area (Å²) in [6.07, 6.45) is 0. The Kier molecular flexibility index (Phi) is 63.3. The van der Waals surface area contributed by atoms with E-state index in [9.17, 15) is 0 Å². The van der Waals surface area contributed by atoms with Gasteiger partial charge in [-0.1, -0.05) is 0 Å². The average Bonchev–Trinajstić information content (AvgIpc) is 1.76. The van der Waals surface area contributed by atoms with Crippen molar-refractivity contribution in [3.8, 4) is 0 Å². The Labute approximate surface area is 141 Å². The van der Waals surface area contributed by atoms with E-state index >= 15 is 0 Å². The van der Waals surface area contributed by atoms with Crippen LogP contribution in [0.15, 0.2) is 0 Å². The smallest absolute Gasteiger partial charge is 0.907 e. The molecule has 12 nitrogen and oxygen atoms in total. The summed E-state index contributed by atoms with van der Waals surface area (Å²) in [6, 6.07) is 0. The van der Waals surface area contributed by atoms with Crippen LogP contribution in [0.3, 0.4) is 0 Å². The SMILES string of the molecule is OB(O)O.OB(O)O.OB(O)O.[Mg+2].[Na+].[O-]B([O-])[O-]. The van der Waals surface area contributed by atoms with Crippen LogP contribution in [-0.4, -0.2) is 97.6 Å². The molecule has 0 unspecified atom stereocenters. The van der Waals surface area contributed by atoms with E-state index in [4.69, 9.17) is 60.3 Å². The van der Waals surface area contributed by atoms with Crippen LogP contribution in [0, 0.1) is 0 Å². The van der Waals surface area contributed by atoms with Gasteiger partial charge in [0.2, 0.25) is 0 Å². The van der Waals surface area contributed by atoms with Gasteiger partial charge in [-0.25, -0.2) is 0 Å². The van der Waals surface area contributed by atoms with Crippen LogP contribution in [-0.2, 0) is 0 Å². The molecule has 0 saturated carbocycles. The summed E-state index contributed by atoms with van der Waals surface area (Å²) in [5.41, 5.74) is 0. The van der Waals surface area contributed by atoms with Crippen molar-refractivity contribution in [1.82, 2.24) is 0 Å². The van der Waals surface area contributed by atoms with Crippen molar-refractivity contribution in [1.29, 1.82) is 0 Å². The minimum absolute atomic E-state index is 0. The maximum absolute atomic E-state index is 8.42. The van der Waals surface area contributed by atoms with Crippen molar-refractivity contribution >= 4 is 52.3 Å². The van der Waals surface area contributed by atoms with Crippen molar-refractivity contribution in [2.45, 2.75) is 0 Å². The second kappa shape index (κ2) is 31.1. The number of rotatable bonds is 0. The molecule has 0 atom stereocenters. The molecule has 0 fully saturated rings. The normalized spacial score (nSPS) is 6.00. The van der Waals surface area contributed by atoms with E-state index in [0.29, 0.717) is 0 Å². The maximum atomic E-state index is 8.42. The van der Waals surface area contributed by atoms with Crippen LogP contribution in [0.4, 0.5) is 0 Å². The van der Waals surface area contributed by atoms with Crippen molar-refractivity contribution in [3.63, 3.8) is 0 Å². The van der Waals surface area contributed by atoms with Crippen LogP contribution < -0.4 is 44.6 Å². The zero-order valence-electron chi connectivity index (χ0n) is 9.27. The molecule has 18 heteroatoms. The van der Waals surface area contributed by atoms with E-state index in [-0.39, 0.29) is 52.6 Å². The van der Waals surface area contributed by atoms with E-state index in [0.717, 1.165) is 0 Å². The number of hydrogen-bond acceptors (Lipinski definition) is 12. The molecule has 96 valence electrons. The van der Waals surface area contributed by atoms with Gasteiger partial charge < -0.3 is 60.3 Å². The van der Waals surface area contributed by atoms with Crippen molar-refractivity contribution < 1.29 is 89.8 Å². The Balaban J connectivity index is -0.0000000257. The van der Waals surface area contributed by atoms with Crippen molar-refractivity contribution in [3.05, 3.63) is 0 Å². The molecule has 0 saturated heterocycles. The van der Waals surface area contributed by atoms with E-state index in [1.165, 1.54) is 0 Å². The molecule has 0 amide bonds. The quantitative estimate of drug-likeness (QED) is 0.188. The van der Waals surface area contributed by atoms with Crippen LogP contribution in [0.25, 0.3) is 0 Å². The van der Waals surface area contributed by atoms with Gasteiger partial charge in [-0.05, 0) is 0 Å². The summed E-state index contributed by atoms with van der Waals surface area (Å²) in [6.45, 7) is 0. The first-order valence-electron chi connectivity index (χ1n) is 3.03. The van der Waals surface area contributed by atoms with Crippen LogP contribution in [0.1, 0.15) is 0 Å². The second-order valence-electron chi connectivity index (χ2n) is 1.33. The molecule has 0 aromatic carbocycles. The minimum Gasteiger partial charge on any atom is -0.907 e. The van der Waals surface area contributed by atoms with E-state index in [2.05, 4.69) is 0 Å². The van der Waals surface area contributed by atoms with Gasteiger partial charge in [0.15, 0.2) is 0 Å². The minimum atomic E-state index is -2.92. The van der Waals surface area contributed by atoms with Gasteiger partial charge in [-0.15, -0.1) is 0 Å². The molecule has 0 rings (SSSR count). The molecular weight excluding hydrogens is 283 g/mol. The van der Waals surface area contributed by atoms with Gasteiger partial charge in [0.25, 0.3) is 0 Å². The predicted molar refractivity (Wildman–Crippen MR) is 48.7 cm³/mol. The first-order chi connectivity index (χ1) is 6.93. The molecule has 0 aromatic heterocycles. The predicted octanol–water partition coefficient (Wildman–Crippen LogP) is -13.5. The third kappa shape index (κ3) is 2010. The van der Waals surface area contributed by atoms with Gasteiger partial charge in [0.1, 0.15) is 0 Å². The molecule has 0 spiro atoms. The average molecular weight is 292 g/mol. The van der Waals surface area contributed by atoms with Gasteiger partial charge >= 0.3 is 74.6 Å². The third-order valence-corrected chi connectivity index (χ3v) is 0. The third-order valence-electron chi connectivity index (χ3n) is 0. The first-order valence-corrected chi connectivity index (χ1v) is 3.03. The fraction of sp³-hybridized carbons (Fsp3) is 0. The van der Waals surface area contributed by atoms with Crippen molar-refractivity contribution in [2.75, 3.05) is 0 Å². The van der Waals surface area contributed by atoms with E-state index < -0.39 is 29.3 Å². The molecule has 0 aliphatic carbocycles. The fourth-order valence-electron chi connectivity index (χ4n) is 0. The second-order valence-corrected chi connectivity index (χ2v) is 1.33. The summed E-state index contributed by atoms with van der Waals surface area (Å²) < 4.78 is 0. The molecule has 18 heavy (non-hydrogen) atoms. The molecule has 0 aliphatic heterocycles. The maximum Gasteiger partial charge on any atom is 2.00 e. The zero-order valence-corrected chi connectivity index (χ0v) is 12.7. The molecule has 0 aromatic rings. The summed E-state index contributed by atoms with van der Waals surface area (Å²) >= 11 is 0. The summed E-state index contributed by atoms with van der Waals surface area (Å²) in [7, 11) is -9.42. The molecule has 0 radical (unpaired) electrons. The van der Waals surface area contributed by atoms with Gasteiger partial charge in [0.05, 0.1) is 0 Å². The molecule has 0 heterocycles. The standard InChI is InChI=1S/3BH3O3.BO3.Mg.Na/c4*2-1(3)4;;/h3*2-4H;;;/q;;;-3;+2;+1.